The van der Waals surface area contributed by atoms with E-state index >= 15 is 0 Å². The van der Waals surface area contributed by atoms with Gasteiger partial charge in [-0.2, -0.15) is 0 Å². The molecule has 0 spiro atoms. The zero-order chi connectivity index (χ0) is 22.7. The van der Waals surface area contributed by atoms with Gasteiger partial charge in [-0.15, -0.1) is 5.06 Å². The van der Waals surface area contributed by atoms with E-state index in [1.165, 1.54) is 51.4 Å². The lowest BCUT2D eigenvalue weighted by atomic mass is 10.1. The molecule has 0 unspecified atom stereocenters. The monoisotopic (exact) mass is 439 g/mol. The first-order valence-electron chi connectivity index (χ1n) is 12.3. The Bertz CT molecular complexity index is 532. The Morgan fingerprint density at radius 3 is 1.68 bits per heavy atom. The first kappa shape index (κ1) is 27.1. The molecule has 0 aromatic carbocycles. The number of hydrogen-bond donors (Lipinski definition) is 0. The van der Waals surface area contributed by atoms with E-state index in [2.05, 4.69) is 6.92 Å². The van der Waals surface area contributed by atoms with Crippen molar-refractivity contribution in [3.8, 4) is 0 Å². The van der Waals surface area contributed by atoms with Crippen molar-refractivity contribution in [1.29, 1.82) is 0 Å². The molecule has 1 saturated heterocycles. The fraction of sp³-hybridized carbons (Fsp3) is 0.833. The molecule has 1 fully saturated rings. The van der Waals surface area contributed by atoms with E-state index in [0.29, 0.717) is 24.5 Å². The number of ether oxygens (including phenoxy) is 1. The second kappa shape index (κ2) is 17.7. The highest BCUT2D eigenvalue weighted by atomic mass is 16.7. The molecule has 7 heteroatoms. The minimum atomic E-state index is -0.570. The zero-order valence-corrected chi connectivity index (χ0v) is 19.3. The number of hydrogen-bond acceptors (Lipinski definition) is 6. The first-order valence-corrected chi connectivity index (χ1v) is 12.3. The van der Waals surface area contributed by atoms with Gasteiger partial charge >= 0.3 is 11.9 Å². The van der Waals surface area contributed by atoms with Crippen molar-refractivity contribution in [1.82, 2.24) is 5.06 Å². The van der Waals surface area contributed by atoms with Crippen LogP contribution in [0.2, 0.25) is 0 Å². The molecule has 31 heavy (non-hydrogen) atoms. The highest BCUT2D eigenvalue weighted by Crippen LogP contribution is 2.14. The smallest absolute Gasteiger partial charge is 0.333 e. The van der Waals surface area contributed by atoms with Crippen molar-refractivity contribution in [2.75, 3.05) is 6.61 Å². The summed E-state index contributed by atoms with van der Waals surface area (Å²) in [6.45, 7) is 2.75. The standard InChI is InChI=1S/C24H41NO6/c1-2-3-4-5-6-7-8-9-12-15-20-30-23(28)16-13-10-11-14-17-24(29)31-25-21(26)18-19-22(25)27/h2-20H2,1H3. The summed E-state index contributed by atoms with van der Waals surface area (Å²) in [5.74, 6) is -1.65. The maximum atomic E-state index is 11.7. The van der Waals surface area contributed by atoms with E-state index < -0.39 is 17.8 Å². The summed E-state index contributed by atoms with van der Waals surface area (Å²) in [5.41, 5.74) is 0. The molecule has 0 saturated carbocycles. The topological polar surface area (TPSA) is 90.0 Å². The molecule has 178 valence electrons. The molecule has 0 bridgehead atoms. The summed E-state index contributed by atoms with van der Waals surface area (Å²) in [6, 6.07) is 0. The first-order chi connectivity index (χ1) is 15.0. The maximum absolute atomic E-state index is 11.7. The maximum Gasteiger partial charge on any atom is 0.333 e. The van der Waals surface area contributed by atoms with Crippen LogP contribution < -0.4 is 0 Å². The highest BCUT2D eigenvalue weighted by molar-refractivity contribution is 6.01. The molecule has 0 radical (unpaired) electrons. The van der Waals surface area contributed by atoms with Crippen molar-refractivity contribution in [2.45, 2.75) is 122 Å². The molecule has 0 aromatic heterocycles. The van der Waals surface area contributed by atoms with Crippen molar-refractivity contribution in [3.63, 3.8) is 0 Å². The van der Waals surface area contributed by atoms with Crippen LogP contribution in [-0.4, -0.2) is 35.4 Å². The summed E-state index contributed by atoms with van der Waals surface area (Å²) in [5, 5.41) is 0.576. The number of imide groups is 1. The van der Waals surface area contributed by atoms with Crippen LogP contribution in [0, 0.1) is 0 Å². The molecular weight excluding hydrogens is 398 g/mol. The molecule has 0 N–H and O–H groups in total. The van der Waals surface area contributed by atoms with Crippen LogP contribution in [0.4, 0.5) is 0 Å². The predicted molar refractivity (Wildman–Crippen MR) is 118 cm³/mol. The molecule has 2 amide bonds. The third-order valence-corrected chi connectivity index (χ3v) is 5.47. The fourth-order valence-corrected chi connectivity index (χ4v) is 3.55. The minimum Gasteiger partial charge on any atom is -0.466 e. The summed E-state index contributed by atoms with van der Waals surface area (Å²) in [6.07, 6.45) is 16.3. The third-order valence-electron chi connectivity index (χ3n) is 5.47. The van der Waals surface area contributed by atoms with Gasteiger partial charge in [-0.05, 0) is 19.3 Å². The number of amides is 2. The molecule has 1 heterocycles. The Morgan fingerprint density at radius 2 is 1.13 bits per heavy atom. The Balaban J connectivity index is 1.85. The van der Waals surface area contributed by atoms with E-state index in [-0.39, 0.29) is 25.2 Å². The average molecular weight is 440 g/mol. The molecular formula is C24H41NO6. The SMILES string of the molecule is CCCCCCCCCCCCOC(=O)CCCCCCC(=O)ON1C(=O)CCC1=O. The Hall–Kier alpha value is -1.92. The lowest BCUT2D eigenvalue weighted by molar-refractivity contribution is -0.197. The summed E-state index contributed by atoms with van der Waals surface area (Å²) in [4.78, 5) is 51.0. The summed E-state index contributed by atoms with van der Waals surface area (Å²) < 4.78 is 5.27. The van der Waals surface area contributed by atoms with Crippen molar-refractivity contribution < 1.29 is 28.8 Å². The molecule has 7 nitrogen and oxygen atoms in total. The van der Waals surface area contributed by atoms with Gasteiger partial charge in [0, 0.05) is 25.7 Å². The highest BCUT2D eigenvalue weighted by Gasteiger charge is 2.32. The molecule has 0 aromatic rings. The molecule has 0 aliphatic carbocycles. The van der Waals surface area contributed by atoms with E-state index in [1.54, 1.807) is 0 Å². The Kier molecular flexibility index (Phi) is 15.5. The van der Waals surface area contributed by atoms with Gasteiger partial charge in [0.25, 0.3) is 11.8 Å². The number of carbonyl (C=O) groups is 4. The molecule has 1 aliphatic rings. The molecule has 1 aliphatic heterocycles. The van der Waals surface area contributed by atoms with Crippen molar-refractivity contribution >= 4 is 23.8 Å². The predicted octanol–water partition coefficient (Wildman–Crippen LogP) is 5.40. The minimum absolute atomic E-state index is 0.0986. The second-order valence-corrected chi connectivity index (χ2v) is 8.36. The fourth-order valence-electron chi connectivity index (χ4n) is 3.55. The number of esters is 1. The van der Waals surface area contributed by atoms with Gasteiger partial charge in [0.2, 0.25) is 0 Å². The van der Waals surface area contributed by atoms with Crippen molar-refractivity contribution in [3.05, 3.63) is 0 Å². The van der Waals surface area contributed by atoms with Gasteiger partial charge in [-0.25, -0.2) is 4.79 Å². The van der Waals surface area contributed by atoms with Gasteiger partial charge in [0.15, 0.2) is 0 Å². The molecule has 1 rings (SSSR count). The summed E-state index contributed by atoms with van der Waals surface area (Å²) in [7, 11) is 0. The zero-order valence-electron chi connectivity index (χ0n) is 19.3. The summed E-state index contributed by atoms with van der Waals surface area (Å²) >= 11 is 0. The Morgan fingerprint density at radius 1 is 0.677 bits per heavy atom. The number of carbonyl (C=O) groups excluding carboxylic acids is 4. The lowest BCUT2D eigenvalue weighted by Gasteiger charge is -2.12. The van der Waals surface area contributed by atoms with Crippen LogP contribution in [0.1, 0.15) is 122 Å². The van der Waals surface area contributed by atoms with Crippen molar-refractivity contribution in [2.24, 2.45) is 0 Å². The van der Waals surface area contributed by atoms with E-state index in [4.69, 9.17) is 9.57 Å². The van der Waals surface area contributed by atoms with Gasteiger partial charge in [-0.3, -0.25) is 14.4 Å². The van der Waals surface area contributed by atoms with Gasteiger partial charge in [-0.1, -0.05) is 77.6 Å². The normalized spacial score (nSPS) is 13.6. The van der Waals surface area contributed by atoms with E-state index in [0.717, 1.165) is 32.1 Å². The molecule has 0 atom stereocenters. The second-order valence-electron chi connectivity index (χ2n) is 8.36. The number of nitrogens with zero attached hydrogens (tertiary/aromatic N) is 1. The van der Waals surface area contributed by atoms with Crippen LogP contribution in [0.5, 0.6) is 0 Å². The lowest BCUT2D eigenvalue weighted by Crippen LogP contribution is -2.31. The van der Waals surface area contributed by atoms with Crippen LogP contribution in [-0.2, 0) is 28.8 Å². The van der Waals surface area contributed by atoms with Gasteiger partial charge in [0.05, 0.1) is 6.61 Å². The number of rotatable bonds is 19. The van der Waals surface area contributed by atoms with Gasteiger partial charge < -0.3 is 9.57 Å². The van der Waals surface area contributed by atoms with Crippen LogP contribution in [0.25, 0.3) is 0 Å². The van der Waals surface area contributed by atoms with Crippen LogP contribution in [0.3, 0.4) is 0 Å². The average Bonchev–Trinajstić information content (AvgIpc) is 3.06. The van der Waals surface area contributed by atoms with Gasteiger partial charge in [0.1, 0.15) is 0 Å². The van der Waals surface area contributed by atoms with Crippen LogP contribution in [0.15, 0.2) is 0 Å². The van der Waals surface area contributed by atoms with Crippen LogP contribution >= 0.6 is 0 Å². The van der Waals surface area contributed by atoms with E-state index in [1.807, 2.05) is 0 Å². The third kappa shape index (κ3) is 13.9. The van der Waals surface area contributed by atoms with E-state index in [9.17, 15) is 19.2 Å². The number of hydroxylamine groups is 2. The Labute approximate surface area is 187 Å². The largest absolute Gasteiger partial charge is 0.466 e. The number of unbranched alkanes of at least 4 members (excludes halogenated alkanes) is 12. The quantitative estimate of drug-likeness (QED) is 0.152.